The van der Waals surface area contributed by atoms with Crippen molar-refractivity contribution in [3.8, 4) is 0 Å². The van der Waals surface area contributed by atoms with Gasteiger partial charge in [-0.05, 0) is 31.4 Å². The van der Waals surface area contributed by atoms with E-state index in [9.17, 15) is 0 Å². The van der Waals surface area contributed by atoms with Gasteiger partial charge in [0.25, 0.3) is 0 Å². The molecule has 0 heterocycles. The summed E-state index contributed by atoms with van der Waals surface area (Å²) in [5.41, 5.74) is 3.95. The molecule has 1 rings (SSSR count). The highest BCUT2D eigenvalue weighted by Crippen LogP contribution is 2.18. The summed E-state index contributed by atoms with van der Waals surface area (Å²) in [6.07, 6.45) is 5.03. The fourth-order valence-electron chi connectivity index (χ4n) is 1.33. The van der Waals surface area contributed by atoms with Crippen molar-refractivity contribution in [2.75, 3.05) is 0 Å². The molecule has 1 aromatic rings. The fourth-order valence-corrected chi connectivity index (χ4v) is 1.33. The predicted molar refractivity (Wildman–Crippen MR) is 59.6 cm³/mol. The van der Waals surface area contributed by atoms with Crippen LogP contribution in [-0.4, -0.2) is 0 Å². The number of benzene rings is 1. The van der Waals surface area contributed by atoms with E-state index in [1.807, 2.05) is 6.08 Å². The highest BCUT2D eigenvalue weighted by molar-refractivity contribution is 5.66. The lowest BCUT2D eigenvalue weighted by molar-refractivity contribution is 1.37. The molecule has 0 aliphatic carbocycles. The van der Waals surface area contributed by atoms with E-state index in [2.05, 4.69) is 50.8 Å². The quantitative estimate of drug-likeness (QED) is 0.605. The highest BCUT2D eigenvalue weighted by Gasteiger charge is 1.96. The summed E-state index contributed by atoms with van der Waals surface area (Å²) >= 11 is 0. The lowest BCUT2D eigenvalue weighted by atomic mass is 10.0. The van der Waals surface area contributed by atoms with Crippen LogP contribution < -0.4 is 0 Å². The molecule has 0 spiro atoms. The molecule has 0 radical (unpaired) electrons. The average Bonchev–Trinajstić information content (AvgIpc) is 2.16. The first-order chi connectivity index (χ1) is 6.27. The second-order valence-corrected chi connectivity index (χ2v) is 3.17. The van der Waals surface area contributed by atoms with Crippen molar-refractivity contribution in [1.82, 2.24) is 0 Å². The number of aryl methyl sites for hydroxylation is 1. The molecule has 1 aromatic carbocycles. The standard InChI is InChI=1S/C13H16/c1-4-6-12(5-2)13-9-7-11(3)8-10-13/h4-5,7-10H,1,6H2,2-3H3/b12-5+. The van der Waals surface area contributed by atoms with Crippen LogP contribution in [0.25, 0.3) is 5.57 Å². The van der Waals surface area contributed by atoms with Crippen LogP contribution in [0, 0.1) is 6.92 Å². The van der Waals surface area contributed by atoms with Gasteiger partial charge in [-0.2, -0.15) is 0 Å². The monoisotopic (exact) mass is 172 g/mol. The molecule has 0 saturated heterocycles. The second kappa shape index (κ2) is 4.66. The molecular formula is C13H16. The van der Waals surface area contributed by atoms with Crippen LogP contribution in [0.4, 0.5) is 0 Å². The second-order valence-electron chi connectivity index (χ2n) is 3.17. The number of hydrogen-bond donors (Lipinski definition) is 0. The molecule has 0 unspecified atom stereocenters. The van der Waals surface area contributed by atoms with Gasteiger partial charge < -0.3 is 0 Å². The third-order valence-electron chi connectivity index (χ3n) is 2.14. The van der Waals surface area contributed by atoms with Crippen molar-refractivity contribution in [2.45, 2.75) is 20.3 Å². The smallest absolute Gasteiger partial charge is 0.00975 e. The van der Waals surface area contributed by atoms with Gasteiger partial charge in [0.2, 0.25) is 0 Å². The SMILES string of the molecule is C=CC/C(=C\C)c1ccc(C)cc1. The van der Waals surface area contributed by atoms with Crippen molar-refractivity contribution < 1.29 is 0 Å². The molecule has 0 bridgehead atoms. The van der Waals surface area contributed by atoms with E-state index in [0.717, 1.165) is 6.42 Å². The third kappa shape index (κ3) is 2.59. The van der Waals surface area contributed by atoms with Crippen molar-refractivity contribution in [3.05, 3.63) is 54.1 Å². The average molecular weight is 172 g/mol. The Labute approximate surface area is 80.6 Å². The van der Waals surface area contributed by atoms with Crippen LogP contribution in [0.2, 0.25) is 0 Å². The van der Waals surface area contributed by atoms with Crippen LogP contribution in [-0.2, 0) is 0 Å². The third-order valence-corrected chi connectivity index (χ3v) is 2.14. The number of allylic oxidation sites excluding steroid dienone is 3. The Kier molecular flexibility index (Phi) is 3.51. The molecule has 0 nitrogen and oxygen atoms in total. The van der Waals surface area contributed by atoms with E-state index < -0.39 is 0 Å². The van der Waals surface area contributed by atoms with Crippen molar-refractivity contribution in [3.63, 3.8) is 0 Å². The van der Waals surface area contributed by atoms with E-state index in [4.69, 9.17) is 0 Å². The zero-order chi connectivity index (χ0) is 9.68. The zero-order valence-corrected chi connectivity index (χ0v) is 8.38. The fraction of sp³-hybridized carbons (Fsp3) is 0.231. The Morgan fingerprint density at radius 2 is 1.92 bits per heavy atom. The van der Waals surface area contributed by atoms with E-state index in [-0.39, 0.29) is 0 Å². The molecule has 0 aliphatic heterocycles. The predicted octanol–water partition coefficient (Wildman–Crippen LogP) is 3.97. The molecule has 0 aliphatic rings. The summed E-state index contributed by atoms with van der Waals surface area (Å²) in [5.74, 6) is 0. The molecule has 13 heavy (non-hydrogen) atoms. The first-order valence-corrected chi connectivity index (χ1v) is 4.61. The minimum absolute atomic E-state index is 0.944. The summed E-state index contributed by atoms with van der Waals surface area (Å²) in [6.45, 7) is 7.92. The molecule has 0 aromatic heterocycles. The van der Waals surface area contributed by atoms with Crippen molar-refractivity contribution in [1.29, 1.82) is 0 Å². The Balaban J connectivity index is 2.92. The molecule has 0 amide bonds. The molecule has 68 valence electrons. The van der Waals surface area contributed by atoms with Crippen molar-refractivity contribution >= 4 is 5.57 Å². The maximum Gasteiger partial charge on any atom is -0.00975 e. The lowest BCUT2D eigenvalue weighted by Crippen LogP contribution is -1.82. The highest BCUT2D eigenvalue weighted by atomic mass is 14.0. The van der Waals surface area contributed by atoms with Crippen LogP contribution in [0.1, 0.15) is 24.5 Å². The van der Waals surface area contributed by atoms with Gasteiger partial charge in [-0.3, -0.25) is 0 Å². The van der Waals surface area contributed by atoms with E-state index in [0.29, 0.717) is 0 Å². The van der Waals surface area contributed by atoms with Gasteiger partial charge >= 0.3 is 0 Å². The number of hydrogen-bond acceptors (Lipinski definition) is 0. The summed E-state index contributed by atoms with van der Waals surface area (Å²) < 4.78 is 0. The topological polar surface area (TPSA) is 0 Å². The van der Waals surface area contributed by atoms with Gasteiger partial charge in [0, 0.05) is 0 Å². The van der Waals surface area contributed by atoms with Crippen LogP contribution in [0.3, 0.4) is 0 Å². The van der Waals surface area contributed by atoms with Crippen LogP contribution >= 0.6 is 0 Å². The molecular weight excluding hydrogens is 156 g/mol. The normalized spacial score (nSPS) is 11.4. The molecule has 0 atom stereocenters. The van der Waals surface area contributed by atoms with E-state index >= 15 is 0 Å². The summed E-state index contributed by atoms with van der Waals surface area (Å²) in [7, 11) is 0. The Morgan fingerprint density at radius 1 is 1.31 bits per heavy atom. The van der Waals surface area contributed by atoms with Crippen LogP contribution in [0.15, 0.2) is 43.0 Å². The zero-order valence-electron chi connectivity index (χ0n) is 8.38. The van der Waals surface area contributed by atoms with Crippen LogP contribution in [0.5, 0.6) is 0 Å². The molecule has 0 N–H and O–H groups in total. The molecule has 0 saturated carbocycles. The Bertz CT molecular complexity index is 301. The maximum atomic E-state index is 3.75. The summed E-state index contributed by atoms with van der Waals surface area (Å²) in [5, 5.41) is 0. The minimum atomic E-state index is 0.944. The van der Waals surface area contributed by atoms with Gasteiger partial charge in [-0.15, -0.1) is 6.58 Å². The minimum Gasteiger partial charge on any atom is -0.103 e. The van der Waals surface area contributed by atoms with Gasteiger partial charge in [0.05, 0.1) is 0 Å². The summed E-state index contributed by atoms with van der Waals surface area (Å²) in [6, 6.07) is 8.60. The molecule has 0 fully saturated rings. The Morgan fingerprint density at radius 3 is 2.38 bits per heavy atom. The van der Waals surface area contributed by atoms with Gasteiger partial charge in [-0.25, -0.2) is 0 Å². The van der Waals surface area contributed by atoms with Gasteiger partial charge in [0.1, 0.15) is 0 Å². The van der Waals surface area contributed by atoms with Gasteiger partial charge in [-0.1, -0.05) is 42.0 Å². The Hall–Kier alpha value is -1.30. The number of rotatable bonds is 3. The first-order valence-electron chi connectivity index (χ1n) is 4.61. The summed E-state index contributed by atoms with van der Waals surface area (Å²) in [4.78, 5) is 0. The van der Waals surface area contributed by atoms with Gasteiger partial charge in [0.15, 0.2) is 0 Å². The lowest BCUT2D eigenvalue weighted by Gasteiger charge is -2.04. The largest absolute Gasteiger partial charge is 0.103 e. The molecule has 0 heteroatoms. The van der Waals surface area contributed by atoms with Crippen molar-refractivity contribution in [2.24, 2.45) is 0 Å². The van der Waals surface area contributed by atoms with E-state index in [1.54, 1.807) is 0 Å². The first kappa shape index (κ1) is 9.79. The van der Waals surface area contributed by atoms with E-state index in [1.165, 1.54) is 16.7 Å². The maximum absolute atomic E-state index is 3.75.